The molecule has 4 nitrogen and oxygen atoms in total. The van der Waals surface area contributed by atoms with Crippen LogP contribution in [0.2, 0.25) is 0 Å². The predicted octanol–water partition coefficient (Wildman–Crippen LogP) is 2.48. The highest BCUT2D eigenvalue weighted by Gasteiger charge is 2.21. The molecule has 0 aliphatic carbocycles. The van der Waals surface area contributed by atoms with Gasteiger partial charge in [-0.15, -0.1) is 24.8 Å². The van der Waals surface area contributed by atoms with Crippen molar-refractivity contribution in [2.45, 2.75) is 26.7 Å². The molecule has 2 N–H and O–H groups in total. The largest absolute Gasteiger partial charge is 0.324 e. The number of pyridine rings is 1. The zero-order valence-electron chi connectivity index (χ0n) is 11.2. The first-order valence-corrected chi connectivity index (χ1v) is 6.12. The molecule has 0 saturated carbocycles. The van der Waals surface area contributed by atoms with E-state index in [1.165, 1.54) is 0 Å². The maximum absolute atomic E-state index is 12.0. The van der Waals surface area contributed by atoms with Gasteiger partial charge in [-0.2, -0.15) is 0 Å². The Morgan fingerprint density at radius 2 is 1.89 bits per heavy atom. The monoisotopic (exact) mass is 305 g/mol. The summed E-state index contributed by atoms with van der Waals surface area (Å²) in [4.78, 5) is 16.4. The molecule has 0 radical (unpaired) electrons. The summed E-state index contributed by atoms with van der Waals surface area (Å²) in [6.07, 6.45) is 1.84. The molecule has 1 aliphatic heterocycles. The van der Waals surface area contributed by atoms with Crippen LogP contribution < -0.4 is 10.6 Å². The van der Waals surface area contributed by atoms with Gasteiger partial charge in [0.05, 0.1) is 11.4 Å². The van der Waals surface area contributed by atoms with Crippen molar-refractivity contribution in [3.63, 3.8) is 0 Å². The Kier molecular flexibility index (Phi) is 7.99. The van der Waals surface area contributed by atoms with Crippen LogP contribution in [0.5, 0.6) is 0 Å². The third kappa shape index (κ3) is 4.97. The molecule has 1 aliphatic rings. The number of rotatable bonds is 2. The van der Waals surface area contributed by atoms with E-state index in [9.17, 15) is 4.79 Å². The number of aryl methyl sites for hydroxylation is 2. The molecule has 0 atom stereocenters. The normalized spacial score (nSPS) is 15.1. The van der Waals surface area contributed by atoms with Crippen LogP contribution in [0.3, 0.4) is 0 Å². The fraction of sp³-hybridized carbons (Fsp3) is 0.538. The van der Waals surface area contributed by atoms with E-state index in [0.29, 0.717) is 0 Å². The number of hydrogen-bond acceptors (Lipinski definition) is 3. The lowest BCUT2D eigenvalue weighted by molar-refractivity contribution is -0.120. The molecule has 1 fully saturated rings. The first-order valence-electron chi connectivity index (χ1n) is 6.12. The number of carbonyl (C=O) groups is 1. The second-order valence-electron chi connectivity index (χ2n) is 4.60. The summed E-state index contributed by atoms with van der Waals surface area (Å²) in [5.74, 6) is 0.261. The lowest BCUT2D eigenvalue weighted by atomic mass is 9.97. The van der Waals surface area contributed by atoms with Gasteiger partial charge in [0.25, 0.3) is 0 Å². The van der Waals surface area contributed by atoms with Crippen LogP contribution in [0.1, 0.15) is 24.2 Å². The van der Waals surface area contributed by atoms with Crippen LogP contribution in [-0.2, 0) is 4.79 Å². The minimum Gasteiger partial charge on any atom is -0.324 e. The van der Waals surface area contributed by atoms with Gasteiger partial charge in [-0.05, 0) is 51.9 Å². The molecule has 1 amide bonds. The molecule has 1 saturated heterocycles. The molecule has 1 aromatic heterocycles. The van der Waals surface area contributed by atoms with E-state index >= 15 is 0 Å². The average Bonchev–Trinajstić information content (AvgIpc) is 2.34. The maximum Gasteiger partial charge on any atom is 0.227 e. The number of piperidine rings is 1. The van der Waals surface area contributed by atoms with E-state index in [0.717, 1.165) is 43.0 Å². The highest BCUT2D eigenvalue weighted by Crippen LogP contribution is 2.17. The lowest BCUT2D eigenvalue weighted by Crippen LogP contribution is -2.34. The highest BCUT2D eigenvalue weighted by molar-refractivity contribution is 5.93. The number of carbonyl (C=O) groups excluding carboxylic acids is 1. The second kappa shape index (κ2) is 8.35. The molecule has 0 spiro atoms. The third-order valence-corrected chi connectivity index (χ3v) is 3.19. The van der Waals surface area contributed by atoms with Crippen molar-refractivity contribution in [3.8, 4) is 0 Å². The predicted molar refractivity (Wildman–Crippen MR) is 82.4 cm³/mol. The van der Waals surface area contributed by atoms with Crippen molar-refractivity contribution in [2.24, 2.45) is 5.92 Å². The Morgan fingerprint density at radius 1 is 1.26 bits per heavy atom. The van der Waals surface area contributed by atoms with Crippen LogP contribution in [0, 0.1) is 19.8 Å². The quantitative estimate of drug-likeness (QED) is 0.882. The van der Waals surface area contributed by atoms with Crippen LogP contribution in [0.25, 0.3) is 0 Å². The molecular formula is C13H21Cl2N3O. The summed E-state index contributed by atoms with van der Waals surface area (Å²) in [5.41, 5.74) is 2.69. The molecule has 0 aromatic carbocycles. The van der Waals surface area contributed by atoms with Crippen LogP contribution >= 0.6 is 24.8 Å². The number of aromatic nitrogens is 1. The van der Waals surface area contributed by atoms with Crippen molar-refractivity contribution in [1.29, 1.82) is 0 Å². The molecule has 0 bridgehead atoms. The molecule has 2 rings (SSSR count). The van der Waals surface area contributed by atoms with Crippen LogP contribution in [0.15, 0.2) is 12.1 Å². The van der Waals surface area contributed by atoms with Gasteiger partial charge in [-0.1, -0.05) is 0 Å². The Labute approximate surface area is 126 Å². The lowest BCUT2D eigenvalue weighted by Gasteiger charge is -2.22. The molecule has 108 valence electrons. The summed E-state index contributed by atoms with van der Waals surface area (Å²) >= 11 is 0. The molecule has 19 heavy (non-hydrogen) atoms. The summed E-state index contributed by atoms with van der Waals surface area (Å²) in [5, 5.41) is 6.24. The zero-order valence-corrected chi connectivity index (χ0v) is 12.9. The maximum atomic E-state index is 12.0. The number of amides is 1. The van der Waals surface area contributed by atoms with Gasteiger partial charge >= 0.3 is 0 Å². The number of hydrogen-bond donors (Lipinski definition) is 2. The zero-order chi connectivity index (χ0) is 12.3. The SMILES string of the molecule is Cc1ccc(NC(=O)C2CCNCC2)c(C)n1.Cl.Cl. The van der Waals surface area contributed by atoms with Gasteiger partial charge in [0, 0.05) is 11.6 Å². The van der Waals surface area contributed by atoms with Crippen LogP contribution in [0.4, 0.5) is 5.69 Å². The van der Waals surface area contributed by atoms with E-state index in [2.05, 4.69) is 15.6 Å². The van der Waals surface area contributed by atoms with E-state index < -0.39 is 0 Å². The highest BCUT2D eigenvalue weighted by atomic mass is 35.5. The number of nitrogens with zero attached hydrogens (tertiary/aromatic N) is 1. The van der Waals surface area contributed by atoms with E-state index in [-0.39, 0.29) is 36.6 Å². The minimum absolute atomic E-state index is 0. The van der Waals surface area contributed by atoms with Gasteiger partial charge in [0.2, 0.25) is 5.91 Å². The Morgan fingerprint density at radius 3 is 2.47 bits per heavy atom. The second-order valence-corrected chi connectivity index (χ2v) is 4.60. The summed E-state index contributed by atoms with van der Waals surface area (Å²) in [7, 11) is 0. The molecule has 6 heteroatoms. The van der Waals surface area contributed by atoms with Crippen molar-refractivity contribution >= 4 is 36.4 Å². The van der Waals surface area contributed by atoms with E-state index in [1.54, 1.807) is 0 Å². The summed E-state index contributed by atoms with van der Waals surface area (Å²) in [6.45, 7) is 5.74. The van der Waals surface area contributed by atoms with Crippen molar-refractivity contribution in [1.82, 2.24) is 10.3 Å². The van der Waals surface area contributed by atoms with Crippen molar-refractivity contribution in [3.05, 3.63) is 23.5 Å². The summed E-state index contributed by atoms with van der Waals surface area (Å²) < 4.78 is 0. The molecule has 0 unspecified atom stereocenters. The van der Waals surface area contributed by atoms with Gasteiger partial charge in [0.15, 0.2) is 0 Å². The minimum atomic E-state index is 0. The van der Waals surface area contributed by atoms with Crippen molar-refractivity contribution in [2.75, 3.05) is 18.4 Å². The van der Waals surface area contributed by atoms with Gasteiger partial charge < -0.3 is 10.6 Å². The van der Waals surface area contributed by atoms with E-state index in [4.69, 9.17) is 0 Å². The standard InChI is InChI=1S/C13H19N3O.2ClH/c1-9-3-4-12(10(2)15-9)16-13(17)11-5-7-14-8-6-11;;/h3-4,11,14H,5-8H2,1-2H3,(H,16,17);2*1H. The number of nitrogens with one attached hydrogen (secondary N) is 2. The first kappa shape index (κ1) is 18.2. The van der Waals surface area contributed by atoms with Crippen LogP contribution in [-0.4, -0.2) is 24.0 Å². The van der Waals surface area contributed by atoms with Crippen molar-refractivity contribution < 1.29 is 4.79 Å². The Balaban J connectivity index is 0.00000162. The Hall–Kier alpha value is -0.840. The molecule has 2 heterocycles. The topological polar surface area (TPSA) is 54.0 Å². The Bertz CT molecular complexity index is 420. The molecular weight excluding hydrogens is 285 g/mol. The third-order valence-electron chi connectivity index (χ3n) is 3.19. The fourth-order valence-corrected chi connectivity index (χ4v) is 2.14. The number of halogens is 2. The summed E-state index contributed by atoms with van der Waals surface area (Å²) in [6, 6.07) is 3.85. The first-order chi connectivity index (χ1) is 8.16. The van der Waals surface area contributed by atoms with E-state index in [1.807, 2.05) is 26.0 Å². The number of anilines is 1. The van der Waals surface area contributed by atoms with Gasteiger partial charge in [-0.3, -0.25) is 9.78 Å². The molecule has 1 aromatic rings. The van der Waals surface area contributed by atoms with Gasteiger partial charge in [-0.25, -0.2) is 0 Å². The fourth-order valence-electron chi connectivity index (χ4n) is 2.14. The van der Waals surface area contributed by atoms with Gasteiger partial charge in [0.1, 0.15) is 0 Å². The average molecular weight is 306 g/mol. The smallest absolute Gasteiger partial charge is 0.227 e.